The third-order valence-electron chi connectivity index (χ3n) is 2.89. The summed E-state index contributed by atoms with van der Waals surface area (Å²) in [6, 6.07) is 0.387. The van der Waals surface area contributed by atoms with Crippen LogP contribution >= 0.6 is 0 Å². The van der Waals surface area contributed by atoms with Gasteiger partial charge in [-0.05, 0) is 38.3 Å². The van der Waals surface area contributed by atoms with Gasteiger partial charge >= 0.3 is 0 Å². The van der Waals surface area contributed by atoms with Gasteiger partial charge in [0.05, 0.1) is 0 Å². The highest BCUT2D eigenvalue weighted by atomic mass is 15.1. The van der Waals surface area contributed by atoms with E-state index in [4.69, 9.17) is 5.73 Å². The zero-order valence-electron chi connectivity index (χ0n) is 8.42. The molecule has 0 unspecified atom stereocenters. The largest absolute Gasteiger partial charge is 0.327 e. The summed E-state index contributed by atoms with van der Waals surface area (Å²) >= 11 is 0. The zero-order valence-corrected chi connectivity index (χ0v) is 8.42. The molecule has 0 aromatic heterocycles. The number of likely N-dealkylation sites (tertiary alicyclic amines) is 1. The minimum Gasteiger partial charge on any atom is -0.327 e. The third-order valence-corrected chi connectivity index (χ3v) is 2.89. The molecule has 72 valence electrons. The van der Waals surface area contributed by atoms with Crippen LogP contribution in [-0.2, 0) is 0 Å². The number of hydrogen-bond donors (Lipinski definition) is 1. The fourth-order valence-electron chi connectivity index (χ4n) is 1.71. The third kappa shape index (κ3) is 3.11. The van der Waals surface area contributed by atoms with Gasteiger partial charge in [-0.1, -0.05) is 13.8 Å². The van der Waals surface area contributed by atoms with Crippen molar-refractivity contribution in [1.82, 2.24) is 4.90 Å². The highest BCUT2D eigenvalue weighted by molar-refractivity contribution is 4.73. The van der Waals surface area contributed by atoms with E-state index in [2.05, 4.69) is 18.7 Å². The van der Waals surface area contributed by atoms with Crippen LogP contribution in [0.4, 0.5) is 0 Å². The maximum Gasteiger partial charge on any atom is 0.0165 e. The molecule has 0 bridgehead atoms. The molecular weight excluding hydrogens is 148 g/mol. The van der Waals surface area contributed by atoms with Crippen LogP contribution in [0.3, 0.4) is 0 Å². The Labute approximate surface area is 76.1 Å². The highest BCUT2D eigenvalue weighted by Gasteiger charge is 2.16. The summed E-state index contributed by atoms with van der Waals surface area (Å²) in [5.74, 6) is 0.930. The first-order valence-electron chi connectivity index (χ1n) is 5.20. The van der Waals surface area contributed by atoms with Gasteiger partial charge in [0.1, 0.15) is 0 Å². The Morgan fingerprint density at radius 2 is 2.00 bits per heavy atom. The van der Waals surface area contributed by atoms with Crippen LogP contribution in [0.25, 0.3) is 0 Å². The van der Waals surface area contributed by atoms with Crippen molar-refractivity contribution in [3.8, 4) is 0 Å². The van der Waals surface area contributed by atoms with E-state index in [0.29, 0.717) is 6.04 Å². The van der Waals surface area contributed by atoms with Crippen molar-refractivity contribution in [1.29, 1.82) is 0 Å². The number of nitrogens with zero attached hydrogens (tertiary/aromatic N) is 1. The lowest BCUT2D eigenvalue weighted by Crippen LogP contribution is -2.41. The van der Waals surface area contributed by atoms with Crippen LogP contribution in [0, 0.1) is 5.92 Å². The van der Waals surface area contributed by atoms with E-state index in [9.17, 15) is 0 Å². The molecule has 2 N–H and O–H groups in total. The smallest absolute Gasteiger partial charge is 0.0165 e. The topological polar surface area (TPSA) is 29.3 Å². The quantitative estimate of drug-likeness (QED) is 0.694. The molecule has 1 rings (SSSR count). The lowest BCUT2D eigenvalue weighted by Gasteiger charge is -2.31. The molecule has 1 atom stereocenters. The standard InChI is InChI=1S/C10H22N2/c1-3-10(11)8-12-6-4-9(2)5-7-12/h9-10H,3-8,11H2,1-2H3/t10-/m1/s1. The van der Waals surface area contributed by atoms with E-state index in [1.807, 2.05) is 0 Å². The Morgan fingerprint density at radius 1 is 1.42 bits per heavy atom. The molecule has 0 radical (unpaired) electrons. The van der Waals surface area contributed by atoms with Gasteiger partial charge in [-0.15, -0.1) is 0 Å². The van der Waals surface area contributed by atoms with Crippen LogP contribution in [0.2, 0.25) is 0 Å². The Hall–Kier alpha value is -0.0800. The average Bonchev–Trinajstić information content (AvgIpc) is 2.09. The summed E-state index contributed by atoms with van der Waals surface area (Å²) in [4.78, 5) is 2.51. The van der Waals surface area contributed by atoms with Gasteiger partial charge in [0.2, 0.25) is 0 Å². The van der Waals surface area contributed by atoms with Crippen LogP contribution in [0.15, 0.2) is 0 Å². The second kappa shape index (κ2) is 4.83. The Bertz CT molecular complexity index is 117. The normalized spacial score (nSPS) is 24.2. The Kier molecular flexibility index (Phi) is 4.02. The van der Waals surface area contributed by atoms with E-state index in [1.165, 1.54) is 25.9 Å². The van der Waals surface area contributed by atoms with Crippen molar-refractivity contribution in [2.24, 2.45) is 11.7 Å². The summed E-state index contributed by atoms with van der Waals surface area (Å²) in [5.41, 5.74) is 5.90. The van der Waals surface area contributed by atoms with Gasteiger partial charge in [0, 0.05) is 12.6 Å². The molecule has 0 aliphatic carbocycles. The van der Waals surface area contributed by atoms with Gasteiger partial charge in [-0.3, -0.25) is 0 Å². The van der Waals surface area contributed by atoms with Gasteiger partial charge < -0.3 is 10.6 Å². The van der Waals surface area contributed by atoms with Crippen molar-refractivity contribution in [2.45, 2.75) is 39.2 Å². The van der Waals surface area contributed by atoms with Crippen molar-refractivity contribution in [3.63, 3.8) is 0 Å². The first kappa shape index (κ1) is 10.0. The maximum atomic E-state index is 5.90. The molecule has 0 saturated carbocycles. The molecule has 2 heteroatoms. The molecule has 1 fully saturated rings. The van der Waals surface area contributed by atoms with Gasteiger partial charge in [-0.2, -0.15) is 0 Å². The number of piperidine rings is 1. The Morgan fingerprint density at radius 3 is 2.50 bits per heavy atom. The molecule has 0 aromatic carbocycles. The fourth-order valence-corrected chi connectivity index (χ4v) is 1.71. The van der Waals surface area contributed by atoms with E-state index >= 15 is 0 Å². The summed E-state index contributed by atoms with van der Waals surface area (Å²) in [6.45, 7) is 8.13. The molecule has 1 saturated heterocycles. The first-order valence-corrected chi connectivity index (χ1v) is 5.20. The Balaban J connectivity index is 2.17. The lowest BCUT2D eigenvalue weighted by atomic mass is 9.99. The van der Waals surface area contributed by atoms with Crippen LogP contribution < -0.4 is 5.73 Å². The second-order valence-electron chi connectivity index (χ2n) is 4.15. The zero-order chi connectivity index (χ0) is 8.97. The molecular formula is C10H22N2. The minimum atomic E-state index is 0.387. The molecule has 0 aromatic rings. The van der Waals surface area contributed by atoms with E-state index < -0.39 is 0 Å². The number of hydrogen-bond acceptors (Lipinski definition) is 2. The number of rotatable bonds is 3. The predicted octanol–water partition coefficient (Wildman–Crippen LogP) is 1.46. The van der Waals surface area contributed by atoms with Gasteiger partial charge in [0.15, 0.2) is 0 Å². The second-order valence-corrected chi connectivity index (χ2v) is 4.15. The van der Waals surface area contributed by atoms with E-state index in [-0.39, 0.29) is 0 Å². The average molecular weight is 170 g/mol. The van der Waals surface area contributed by atoms with Crippen LogP contribution in [0.5, 0.6) is 0 Å². The summed E-state index contributed by atoms with van der Waals surface area (Å²) in [5, 5.41) is 0. The van der Waals surface area contributed by atoms with Crippen molar-refractivity contribution >= 4 is 0 Å². The van der Waals surface area contributed by atoms with E-state index in [1.54, 1.807) is 0 Å². The molecule has 2 nitrogen and oxygen atoms in total. The minimum absolute atomic E-state index is 0.387. The molecule has 1 aliphatic heterocycles. The van der Waals surface area contributed by atoms with Crippen LogP contribution in [0.1, 0.15) is 33.1 Å². The van der Waals surface area contributed by atoms with Gasteiger partial charge in [-0.25, -0.2) is 0 Å². The lowest BCUT2D eigenvalue weighted by molar-refractivity contribution is 0.182. The number of nitrogens with two attached hydrogens (primary N) is 1. The fraction of sp³-hybridized carbons (Fsp3) is 1.00. The van der Waals surface area contributed by atoms with Crippen molar-refractivity contribution in [2.75, 3.05) is 19.6 Å². The summed E-state index contributed by atoms with van der Waals surface area (Å²) < 4.78 is 0. The highest BCUT2D eigenvalue weighted by Crippen LogP contribution is 2.15. The van der Waals surface area contributed by atoms with E-state index in [0.717, 1.165) is 18.9 Å². The van der Waals surface area contributed by atoms with Gasteiger partial charge in [0.25, 0.3) is 0 Å². The SMILES string of the molecule is CC[C@@H](N)CN1CCC(C)CC1. The molecule has 12 heavy (non-hydrogen) atoms. The van der Waals surface area contributed by atoms with Crippen LogP contribution in [-0.4, -0.2) is 30.6 Å². The first-order chi connectivity index (χ1) is 5.72. The molecule has 1 heterocycles. The predicted molar refractivity (Wildman–Crippen MR) is 53.1 cm³/mol. The molecule has 0 amide bonds. The summed E-state index contributed by atoms with van der Waals surface area (Å²) in [7, 11) is 0. The molecule has 0 spiro atoms. The monoisotopic (exact) mass is 170 g/mol. The maximum absolute atomic E-state index is 5.90. The van der Waals surface area contributed by atoms with Crippen molar-refractivity contribution < 1.29 is 0 Å². The van der Waals surface area contributed by atoms with Crippen molar-refractivity contribution in [3.05, 3.63) is 0 Å². The summed E-state index contributed by atoms with van der Waals surface area (Å²) in [6.07, 6.45) is 3.82. The molecule has 1 aliphatic rings.